The van der Waals surface area contributed by atoms with E-state index in [9.17, 15) is 0 Å². The van der Waals surface area contributed by atoms with Gasteiger partial charge < -0.3 is 11.1 Å². The van der Waals surface area contributed by atoms with Crippen LogP contribution >= 0.6 is 35.4 Å². The Hall–Kier alpha value is -1.30. The second-order valence-electron chi connectivity index (χ2n) is 4.48. The summed E-state index contributed by atoms with van der Waals surface area (Å²) in [6.07, 6.45) is 0. The zero-order valence-electron chi connectivity index (χ0n) is 11.3. The summed E-state index contributed by atoms with van der Waals surface area (Å²) < 4.78 is 1.67. The van der Waals surface area contributed by atoms with Crippen LogP contribution in [0.1, 0.15) is 16.8 Å². The first-order chi connectivity index (χ1) is 9.32. The first-order valence-electron chi connectivity index (χ1n) is 5.88. The van der Waals surface area contributed by atoms with Gasteiger partial charge in [0.25, 0.3) is 0 Å². The topological polar surface area (TPSA) is 55.9 Å². The molecule has 4 nitrogen and oxygen atoms in total. The summed E-state index contributed by atoms with van der Waals surface area (Å²) in [5.41, 5.74) is 8.75. The molecule has 0 radical (unpaired) electrons. The van der Waals surface area contributed by atoms with E-state index in [1.54, 1.807) is 17.8 Å². The number of anilines is 2. The molecule has 0 saturated carbocycles. The molecule has 2 aromatic rings. The van der Waals surface area contributed by atoms with Crippen LogP contribution in [0.5, 0.6) is 0 Å². The highest BCUT2D eigenvalue weighted by Gasteiger charge is 2.18. The van der Waals surface area contributed by atoms with Crippen molar-refractivity contribution < 1.29 is 0 Å². The smallest absolute Gasteiger partial charge is 0.139 e. The van der Waals surface area contributed by atoms with Gasteiger partial charge in [-0.3, -0.25) is 4.68 Å². The Balaban J connectivity index is 2.56. The van der Waals surface area contributed by atoms with Gasteiger partial charge >= 0.3 is 0 Å². The molecule has 0 unspecified atom stereocenters. The number of benzene rings is 1. The van der Waals surface area contributed by atoms with E-state index < -0.39 is 0 Å². The van der Waals surface area contributed by atoms with Crippen molar-refractivity contribution in [3.63, 3.8) is 0 Å². The summed E-state index contributed by atoms with van der Waals surface area (Å²) in [6.45, 7) is 3.76. The lowest BCUT2D eigenvalue weighted by atomic mass is 10.2. The molecular weight excluding hydrogens is 315 g/mol. The number of rotatable bonds is 3. The van der Waals surface area contributed by atoms with Crippen LogP contribution in [0.4, 0.5) is 11.5 Å². The van der Waals surface area contributed by atoms with Gasteiger partial charge in [-0.2, -0.15) is 5.10 Å². The van der Waals surface area contributed by atoms with Crippen LogP contribution in [0.15, 0.2) is 12.1 Å². The monoisotopic (exact) mass is 328 g/mol. The number of nitrogens with zero attached hydrogens (tertiary/aromatic N) is 2. The first kappa shape index (κ1) is 15.1. The highest BCUT2D eigenvalue weighted by molar-refractivity contribution is 7.80. The maximum Gasteiger partial charge on any atom is 0.139 e. The van der Waals surface area contributed by atoms with Crippen LogP contribution in [0.25, 0.3) is 0 Å². The lowest BCUT2D eigenvalue weighted by Crippen LogP contribution is -2.13. The molecule has 0 atom stereocenters. The number of hydrogen-bond acceptors (Lipinski definition) is 3. The van der Waals surface area contributed by atoms with Gasteiger partial charge in [-0.1, -0.05) is 41.5 Å². The molecule has 2 rings (SSSR count). The van der Waals surface area contributed by atoms with Gasteiger partial charge in [0.1, 0.15) is 10.8 Å². The number of aryl methyl sites for hydroxylation is 3. The van der Waals surface area contributed by atoms with Crippen LogP contribution in [0.3, 0.4) is 0 Å². The van der Waals surface area contributed by atoms with Crippen LogP contribution < -0.4 is 11.1 Å². The average Bonchev–Trinajstić information content (AvgIpc) is 2.64. The van der Waals surface area contributed by atoms with Crippen molar-refractivity contribution in [2.45, 2.75) is 13.8 Å². The molecule has 0 fully saturated rings. The molecule has 0 aliphatic heterocycles. The van der Waals surface area contributed by atoms with Crippen molar-refractivity contribution in [3.05, 3.63) is 39.0 Å². The number of aromatic nitrogens is 2. The second kappa shape index (κ2) is 5.60. The van der Waals surface area contributed by atoms with Crippen molar-refractivity contribution >= 4 is 51.9 Å². The Bertz CT molecular complexity index is 694. The molecule has 20 heavy (non-hydrogen) atoms. The van der Waals surface area contributed by atoms with Crippen LogP contribution in [0, 0.1) is 13.8 Å². The highest BCUT2D eigenvalue weighted by Crippen LogP contribution is 2.36. The zero-order chi connectivity index (χ0) is 15.0. The number of thiocarbonyl (C=S) groups is 1. The highest BCUT2D eigenvalue weighted by atomic mass is 35.5. The molecule has 1 aromatic heterocycles. The molecule has 1 heterocycles. The van der Waals surface area contributed by atoms with Crippen molar-refractivity contribution in [2.75, 3.05) is 5.32 Å². The fourth-order valence-corrected chi connectivity index (χ4v) is 2.70. The van der Waals surface area contributed by atoms with E-state index in [-0.39, 0.29) is 4.99 Å². The van der Waals surface area contributed by atoms with E-state index in [1.807, 2.05) is 19.9 Å². The maximum absolute atomic E-state index is 6.30. The third kappa shape index (κ3) is 2.61. The lowest BCUT2D eigenvalue weighted by molar-refractivity contribution is 0.765. The van der Waals surface area contributed by atoms with Gasteiger partial charge in [-0.25, -0.2) is 0 Å². The number of nitrogens with one attached hydrogen (secondary N) is 1. The summed E-state index contributed by atoms with van der Waals surface area (Å²) in [6, 6.07) is 3.65. The maximum atomic E-state index is 6.30. The molecule has 0 spiro atoms. The minimum atomic E-state index is 0.276. The molecular formula is C13H14Cl2N4S. The number of nitrogens with two attached hydrogens (primary N) is 1. The Kier molecular flexibility index (Phi) is 4.22. The molecule has 0 amide bonds. The minimum Gasteiger partial charge on any atom is -0.389 e. The van der Waals surface area contributed by atoms with Gasteiger partial charge in [0.05, 0.1) is 27.0 Å². The first-order valence-corrected chi connectivity index (χ1v) is 7.04. The van der Waals surface area contributed by atoms with E-state index >= 15 is 0 Å². The Labute approximate surface area is 132 Å². The molecule has 0 bridgehead atoms. The minimum absolute atomic E-state index is 0.276. The fourth-order valence-electron chi connectivity index (χ4n) is 1.99. The number of halogens is 2. The van der Waals surface area contributed by atoms with Gasteiger partial charge in [0.2, 0.25) is 0 Å². The molecule has 106 valence electrons. The number of hydrogen-bond donors (Lipinski definition) is 2. The Morgan fingerprint density at radius 3 is 2.60 bits per heavy atom. The van der Waals surface area contributed by atoms with Crippen molar-refractivity contribution in [1.82, 2.24) is 9.78 Å². The summed E-state index contributed by atoms with van der Waals surface area (Å²) >= 11 is 17.6. The van der Waals surface area contributed by atoms with Crippen LogP contribution in [-0.2, 0) is 7.05 Å². The third-order valence-corrected chi connectivity index (χ3v) is 4.00. The van der Waals surface area contributed by atoms with Gasteiger partial charge in [0, 0.05) is 7.05 Å². The van der Waals surface area contributed by atoms with Crippen LogP contribution in [0.2, 0.25) is 10.0 Å². The van der Waals surface area contributed by atoms with Crippen molar-refractivity contribution in [3.8, 4) is 0 Å². The van der Waals surface area contributed by atoms with Gasteiger partial charge in [0.15, 0.2) is 0 Å². The van der Waals surface area contributed by atoms with E-state index in [0.29, 0.717) is 27.1 Å². The summed E-state index contributed by atoms with van der Waals surface area (Å²) in [4.78, 5) is 0.276. The normalized spacial score (nSPS) is 10.7. The van der Waals surface area contributed by atoms with Crippen molar-refractivity contribution in [1.29, 1.82) is 0 Å². The zero-order valence-corrected chi connectivity index (χ0v) is 13.6. The SMILES string of the molecule is Cc1ccc(Cl)c(Nc2c(C(N)=S)c(C)nn2C)c1Cl. The molecule has 0 aliphatic carbocycles. The molecule has 1 aromatic carbocycles. The molecule has 0 saturated heterocycles. The van der Waals surface area contributed by atoms with E-state index in [2.05, 4.69) is 10.4 Å². The fraction of sp³-hybridized carbons (Fsp3) is 0.231. The summed E-state index contributed by atoms with van der Waals surface area (Å²) in [5.74, 6) is 0.671. The Morgan fingerprint density at radius 1 is 1.35 bits per heavy atom. The van der Waals surface area contributed by atoms with Crippen LogP contribution in [-0.4, -0.2) is 14.8 Å². The molecule has 0 aliphatic rings. The predicted molar refractivity (Wildman–Crippen MR) is 88.3 cm³/mol. The lowest BCUT2D eigenvalue weighted by Gasteiger charge is -2.13. The van der Waals surface area contributed by atoms with Gasteiger partial charge in [-0.15, -0.1) is 0 Å². The quantitative estimate of drug-likeness (QED) is 0.843. The molecule has 7 heteroatoms. The third-order valence-electron chi connectivity index (χ3n) is 3.00. The van der Waals surface area contributed by atoms with E-state index in [4.69, 9.17) is 41.2 Å². The summed E-state index contributed by atoms with van der Waals surface area (Å²) in [5, 5.41) is 8.58. The Morgan fingerprint density at radius 2 is 2.00 bits per heavy atom. The standard InChI is InChI=1S/C13H14Cl2N4S/c1-6-4-5-8(14)11(10(6)15)17-13-9(12(16)20)7(2)18-19(13)3/h4-5,17H,1-3H3,(H2,16,20). The van der Waals surface area contributed by atoms with E-state index in [1.165, 1.54) is 0 Å². The summed E-state index contributed by atoms with van der Waals surface area (Å²) in [7, 11) is 1.80. The van der Waals surface area contributed by atoms with E-state index in [0.717, 1.165) is 11.3 Å². The largest absolute Gasteiger partial charge is 0.389 e. The second-order valence-corrected chi connectivity index (χ2v) is 5.70. The average molecular weight is 329 g/mol. The van der Waals surface area contributed by atoms with Gasteiger partial charge in [-0.05, 0) is 25.5 Å². The van der Waals surface area contributed by atoms with Crippen molar-refractivity contribution in [2.24, 2.45) is 12.8 Å². The molecule has 3 N–H and O–H groups in total. The predicted octanol–water partition coefficient (Wildman–Crippen LogP) is 3.72.